The van der Waals surface area contributed by atoms with Gasteiger partial charge < -0.3 is 14.9 Å². The van der Waals surface area contributed by atoms with Gasteiger partial charge in [-0.2, -0.15) is 0 Å². The van der Waals surface area contributed by atoms with Crippen LogP contribution >= 0.6 is 0 Å². The first-order valence-corrected chi connectivity index (χ1v) is 7.77. The lowest BCUT2D eigenvalue weighted by Crippen LogP contribution is -2.47. The van der Waals surface area contributed by atoms with Crippen LogP contribution < -0.4 is 4.90 Å². The molecule has 0 radical (unpaired) electrons. The fraction of sp³-hybridized carbons (Fsp3) is 0.733. The number of aliphatic hydroxyl groups excluding tert-OH is 1. The van der Waals surface area contributed by atoms with Gasteiger partial charge in [0.1, 0.15) is 0 Å². The third-order valence-electron chi connectivity index (χ3n) is 4.53. The van der Waals surface area contributed by atoms with Crippen molar-refractivity contribution >= 4 is 5.95 Å². The van der Waals surface area contributed by atoms with E-state index in [1.807, 2.05) is 0 Å². The maximum Gasteiger partial charge on any atom is 0.225 e. The van der Waals surface area contributed by atoms with Crippen molar-refractivity contribution in [3.8, 4) is 0 Å². The Morgan fingerprint density at radius 1 is 1.00 bits per heavy atom. The zero-order valence-electron chi connectivity index (χ0n) is 12.0. The molecule has 2 aliphatic heterocycles. The summed E-state index contributed by atoms with van der Waals surface area (Å²) < 4.78 is 0. The van der Waals surface area contributed by atoms with Crippen molar-refractivity contribution in [2.45, 2.75) is 44.8 Å². The van der Waals surface area contributed by atoms with Gasteiger partial charge in [-0.25, -0.2) is 9.97 Å². The molecule has 2 saturated heterocycles. The normalized spacial score (nSPS) is 22.1. The van der Waals surface area contributed by atoms with Crippen LogP contribution in [0.5, 0.6) is 0 Å². The van der Waals surface area contributed by atoms with E-state index in [4.69, 9.17) is 5.11 Å². The van der Waals surface area contributed by atoms with Crippen LogP contribution in [0.1, 0.15) is 37.7 Å². The quantitative estimate of drug-likeness (QED) is 0.905. The molecule has 0 amide bonds. The summed E-state index contributed by atoms with van der Waals surface area (Å²) in [6.45, 7) is 4.66. The van der Waals surface area contributed by atoms with E-state index in [2.05, 4.69) is 19.8 Å². The first-order valence-electron chi connectivity index (χ1n) is 7.77. The predicted molar refractivity (Wildman–Crippen MR) is 78.6 cm³/mol. The van der Waals surface area contributed by atoms with Gasteiger partial charge in [0.15, 0.2) is 0 Å². The van der Waals surface area contributed by atoms with E-state index in [0.29, 0.717) is 0 Å². The molecule has 0 aromatic carbocycles. The summed E-state index contributed by atoms with van der Waals surface area (Å²) in [5, 5.41) is 9.02. The van der Waals surface area contributed by atoms with Crippen LogP contribution in [0.3, 0.4) is 0 Å². The highest BCUT2D eigenvalue weighted by Gasteiger charge is 2.26. The number of aromatic nitrogens is 2. The largest absolute Gasteiger partial charge is 0.392 e. The summed E-state index contributed by atoms with van der Waals surface area (Å²) in [5.74, 6) is 0.805. The number of hydrogen-bond donors (Lipinski definition) is 1. The van der Waals surface area contributed by atoms with Gasteiger partial charge in [-0.1, -0.05) is 6.42 Å². The maximum absolute atomic E-state index is 9.02. The third-order valence-corrected chi connectivity index (χ3v) is 4.53. The van der Waals surface area contributed by atoms with Gasteiger partial charge in [0.05, 0.1) is 6.61 Å². The Labute approximate surface area is 120 Å². The average Bonchev–Trinajstić information content (AvgIpc) is 2.56. The molecule has 5 nitrogen and oxygen atoms in total. The van der Waals surface area contributed by atoms with E-state index in [0.717, 1.165) is 30.6 Å². The number of piperidine rings is 2. The SMILES string of the molecule is OCc1cnc(N2CCC(N3CCCCC3)CC2)nc1. The molecule has 0 aliphatic carbocycles. The van der Waals surface area contributed by atoms with Gasteiger partial charge >= 0.3 is 0 Å². The van der Waals surface area contributed by atoms with Gasteiger partial charge in [0.25, 0.3) is 0 Å². The zero-order chi connectivity index (χ0) is 13.8. The van der Waals surface area contributed by atoms with Gasteiger partial charge in [-0.05, 0) is 38.8 Å². The molecule has 1 N–H and O–H groups in total. The second-order valence-corrected chi connectivity index (χ2v) is 5.86. The van der Waals surface area contributed by atoms with Crippen LogP contribution in [-0.2, 0) is 6.61 Å². The van der Waals surface area contributed by atoms with Crippen molar-refractivity contribution in [1.29, 1.82) is 0 Å². The first-order chi connectivity index (χ1) is 9.86. The molecule has 0 spiro atoms. The van der Waals surface area contributed by atoms with Crippen molar-refractivity contribution in [3.05, 3.63) is 18.0 Å². The Balaban J connectivity index is 1.54. The van der Waals surface area contributed by atoms with Crippen molar-refractivity contribution in [2.24, 2.45) is 0 Å². The van der Waals surface area contributed by atoms with Crippen LogP contribution in [-0.4, -0.2) is 52.2 Å². The number of anilines is 1. The summed E-state index contributed by atoms with van der Waals surface area (Å²) >= 11 is 0. The topological polar surface area (TPSA) is 52.5 Å². The van der Waals surface area contributed by atoms with Crippen LogP contribution in [0, 0.1) is 0 Å². The minimum Gasteiger partial charge on any atom is -0.392 e. The van der Waals surface area contributed by atoms with E-state index >= 15 is 0 Å². The number of rotatable bonds is 3. The smallest absolute Gasteiger partial charge is 0.225 e. The number of aliphatic hydroxyl groups is 1. The molecule has 0 unspecified atom stereocenters. The van der Waals surface area contributed by atoms with Crippen molar-refractivity contribution in [2.75, 3.05) is 31.1 Å². The molecule has 1 aromatic heterocycles. The van der Waals surface area contributed by atoms with E-state index in [9.17, 15) is 0 Å². The molecule has 0 bridgehead atoms. The van der Waals surface area contributed by atoms with Gasteiger partial charge in [-0.3, -0.25) is 0 Å². The summed E-state index contributed by atoms with van der Waals surface area (Å²) in [7, 11) is 0. The minimum atomic E-state index is 0.0112. The zero-order valence-corrected chi connectivity index (χ0v) is 12.0. The van der Waals surface area contributed by atoms with E-state index < -0.39 is 0 Å². The molecular formula is C15H24N4O. The lowest BCUT2D eigenvalue weighted by Gasteiger charge is -2.40. The first kappa shape index (κ1) is 13.8. The van der Waals surface area contributed by atoms with Crippen LogP contribution in [0.4, 0.5) is 5.95 Å². The van der Waals surface area contributed by atoms with Gasteiger partial charge in [-0.15, -0.1) is 0 Å². The summed E-state index contributed by atoms with van der Waals surface area (Å²) in [4.78, 5) is 13.6. The Hall–Kier alpha value is -1.20. The molecule has 5 heteroatoms. The molecule has 0 atom stereocenters. The second-order valence-electron chi connectivity index (χ2n) is 5.86. The highest BCUT2D eigenvalue weighted by molar-refractivity contribution is 5.30. The van der Waals surface area contributed by atoms with Gasteiger partial charge in [0, 0.05) is 37.1 Å². The van der Waals surface area contributed by atoms with E-state index in [1.54, 1.807) is 12.4 Å². The van der Waals surface area contributed by atoms with Crippen LogP contribution in [0.25, 0.3) is 0 Å². The highest BCUT2D eigenvalue weighted by Crippen LogP contribution is 2.22. The summed E-state index contributed by atoms with van der Waals surface area (Å²) in [6.07, 6.45) is 10.0. The lowest BCUT2D eigenvalue weighted by molar-refractivity contribution is 0.141. The number of likely N-dealkylation sites (tertiary alicyclic amines) is 1. The third kappa shape index (κ3) is 3.10. The number of nitrogens with zero attached hydrogens (tertiary/aromatic N) is 4. The molecule has 1 aromatic rings. The summed E-state index contributed by atoms with van der Waals surface area (Å²) in [5.41, 5.74) is 0.775. The molecule has 0 saturated carbocycles. The molecule has 20 heavy (non-hydrogen) atoms. The Morgan fingerprint density at radius 3 is 2.25 bits per heavy atom. The van der Waals surface area contributed by atoms with Crippen molar-refractivity contribution < 1.29 is 5.11 Å². The average molecular weight is 276 g/mol. The molecule has 3 heterocycles. The molecule has 2 aliphatic rings. The summed E-state index contributed by atoms with van der Waals surface area (Å²) in [6, 6.07) is 0.753. The van der Waals surface area contributed by atoms with Crippen LogP contribution in [0.2, 0.25) is 0 Å². The molecule has 3 rings (SSSR count). The second kappa shape index (κ2) is 6.50. The Morgan fingerprint density at radius 2 is 1.65 bits per heavy atom. The van der Waals surface area contributed by atoms with E-state index in [1.165, 1.54) is 45.2 Å². The van der Waals surface area contributed by atoms with Crippen molar-refractivity contribution in [1.82, 2.24) is 14.9 Å². The fourth-order valence-electron chi connectivity index (χ4n) is 3.31. The molecular weight excluding hydrogens is 252 g/mol. The maximum atomic E-state index is 9.02. The highest BCUT2D eigenvalue weighted by atomic mass is 16.3. The van der Waals surface area contributed by atoms with E-state index in [-0.39, 0.29) is 6.61 Å². The Bertz CT molecular complexity index is 408. The lowest BCUT2D eigenvalue weighted by atomic mass is 10.0. The standard InChI is InChI=1S/C15H24N4O/c20-12-13-10-16-15(17-11-13)19-8-4-14(5-9-19)18-6-2-1-3-7-18/h10-11,14,20H,1-9,12H2. The van der Waals surface area contributed by atoms with Crippen molar-refractivity contribution in [3.63, 3.8) is 0 Å². The van der Waals surface area contributed by atoms with Crippen LogP contribution in [0.15, 0.2) is 12.4 Å². The monoisotopic (exact) mass is 276 g/mol. The minimum absolute atomic E-state index is 0.0112. The van der Waals surface area contributed by atoms with Gasteiger partial charge in [0.2, 0.25) is 5.95 Å². The molecule has 110 valence electrons. The Kier molecular flexibility index (Phi) is 4.47. The predicted octanol–water partition coefficient (Wildman–Crippen LogP) is 1.42. The molecule has 2 fully saturated rings. The fourth-order valence-corrected chi connectivity index (χ4v) is 3.31. The number of hydrogen-bond acceptors (Lipinski definition) is 5.